The normalized spacial score (nSPS) is 19.4. The lowest BCUT2D eigenvalue weighted by molar-refractivity contribution is 0.104. The molecule has 0 saturated heterocycles. The van der Waals surface area contributed by atoms with Crippen molar-refractivity contribution in [3.05, 3.63) is 71.8 Å². The van der Waals surface area contributed by atoms with Gasteiger partial charge in [-0.25, -0.2) is 0 Å². The first-order chi connectivity index (χ1) is 8.25. The van der Waals surface area contributed by atoms with Crippen molar-refractivity contribution in [2.75, 3.05) is 0 Å². The molecule has 1 unspecified atom stereocenters. The van der Waals surface area contributed by atoms with Crippen LogP contribution in [0.4, 0.5) is 0 Å². The minimum atomic E-state index is 0.0752. The van der Waals surface area contributed by atoms with Crippen molar-refractivity contribution in [1.82, 2.24) is 0 Å². The van der Waals surface area contributed by atoms with E-state index < -0.39 is 0 Å². The van der Waals surface area contributed by atoms with E-state index in [0.29, 0.717) is 5.92 Å². The number of carbonyl (C=O) groups excluding carboxylic acids is 1. The molecule has 0 bridgehead atoms. The monoisotopic (exact) mass is 224 g/mol. The molecule has 86 valence electrons. The van der Waals surface area contributed by atoms with Crippen molar-refractivity contribution in [3.63, 3.8) is 0 Å². The molecule has 0 aliphatic heterocycles. The van der Waals surface area contributed by atoms with Gasteiger partial charge in [0, 0.05) is 5.56 Å². The zero-order valence-electron chi connectivity index (χ0n) is 9.97. The third kappa shape index (κ3) is 3.28. The Morgan fingerprint density at radius 1 is 1.29 bits per heavy atom. The second-order valence-electron chi connectivity index (χ2n) is 4.36. The Labute approximate surface area is 102 Å². The molecule has 0 N–H and O–H groups in total. The summed E-state index contributed by atoms with van der Waals surface area (Å²) in [4.78, 5) is 11.8. The summed E-state index contributed by atoms with van der Waals surface area (Å²) in [5.41, 5.74) is 2.10. The SMILES string of the molecule is CC1=CC=CC(C=CC(=O)c2ccccc2)C1. The van der Waals surface area contributed by atoms with Crippen molar-refractivity contribution >= 4 is 5.78 Å². The van der Waals surface area contributed by atoms with Crippen LogP contribution in [0.1, 0.15) is 23.7 Å². The Bertz CT molecular complexity index is 478. The lowest BCUT2D eigenvalue weighted by Crippen LogP contribution is -1.99. The van der Waals surface area contributed by atoms with E-state index in [9.17, 15) is 4.79 Å². The van der Waals surface area contributed by atoms with Crippen LogP contribution in [0.25, 0.3) is 0 Å². The number of ketones is 1. The van der Waals surface area contributed by atoms with E-state index in [0.717, 1.165) is 12.0 Å². The minimum absolute atomic E-state index is 0.0752. The molecule has 1 nitrogen and oxygen atoms in total. The summed E-state index contributed by atoms with van der Waals surface area (Å²) in [5, 5.41) is 0. The first-order valence-corrected chi connectivity index (χ1v) is 5.87. The van der Waals surface area contributed by atoms with Gasteiger partial charge in [0.05, 0.1) is 0 Å². The quantitative estimate of drug-likeness (QED) is 0.561. The molecule has 1 aromatic rings. The highest BCUT2D eigenvalue weighted by molar-refractivity contribution is 6.04. The first kappa shape index (κ1) is 11.6. The van der Waals surface area contributed by atoms with E-state index in [1.165, 1.54) is 5.57 Å². The van der Waals surface area contributed by atoms with Crippen LogP contribution in [-0.4, -0.2) is 5.78 Å². The van der Waals surface area contributed by atoms with Gasteiger partial charge in [-0.1, -0.05) is 60.2 Å². The fraction of sp³-hybridized carbons (Fsp3) is 0.188. The van der Waals surface area contributed by atoms with E-state index in [1.54, 1.807) is 6.08 Å². The summed E-state index contributed by atoms with van der Waals surface area (Å²) in [6.07, 6.45) is 11.0. The molecule has 0 aromatic heterocycles. The highest BCUT2D eigenvalue weighted by atomic mass is 16.1. The van der Waals surface area contributed by atoms with Crippen LogP contribution in [0.5, 0.6) is 0 Å². The van der Waals surface area contributed by atoms with Crippen LogP contribution in [0, 0.1) is 5.92 Å². The Kier molecular flexibility index (Phi) is 3.71. The van der Waals surface area contributed by atoms with E-state index in [1.807, 2.05) is 36.4 Å². The van der Waals surface area contributed by atoms with Gasteiger partial charge in [0.15, 0.2) is 5.78 Å². The molecule has 1 aliphatic carbocycles. The fourth-order valence-electron chi connectivity index (χ4n) is 1.91. The van der Waals surface area contributed by atoms with Gasteiger partial charge in [-0.05, 0) is 25.3 Å². The van der Waals surface area contributed by atoms with Crippen LogP contribution in [0.2, 0.25) is 0 Å². The third-order valence-corrected chi connectivity index (χ3v) is 2.85. The number of carbonyl (C=O) groups is 1. The van der Waals surface area contributed by atoms with Crippen LogP contribution in [0.15, 0.2) is 66.3 Å². The summed E-state index contributed by atoms with van der Waals surface area (Å²) in [6, 6.07) is 9.37. The first-order valence-electron chi connectivity index (χ1n) is 5.87. The molecule has 0 saturated carbocycles. The Morgan fingerprint density at radius 3 is 2.76 bits per heavy atom. The second-order valence-corrected chi connectivity index (χ2v) is 4.36. The molecule has 17 heavy (non-hydrogen) atoms. The summed E-state index contributed by atoms with van der Waals surface area (Å²) in [6.45, 7) is 2.11. The van der Waals surface area contributed by atoms with Crippen molar-refractivity contribution in [2.24, 2.45) is 5.92 Å². The van der Waals surface area contributed by atoms with Crippen LogP contribution in [-0.2, 0) is 0 Å². The van der Waals surface area contributed by atoms with Crippen molar-refractivity contribution < 1.29 is 4.79 Å². The molecule has 2 rings (SSSR count). The predicted octanol–water partition coefficient (Wildman–Crippen LogP) is 3.95. The van der Waals surface area contributed by atoms with Gasteiger partial charge in [0.1, 0.15) is 0 Å². The lowest BCUT2D eigenvalue weighted by Gasteiger charge is -2.11. The van der Waals surface area contributed by atoms with Crippen LogP contribution in [0.3, 0.4) is 0 Å². The summed E-state index contributed by atoms with van der Waals surface area (Å²) in [5.74, 6) is 0.430. The predicted molar refractivity (Wildman–Crippen MR) is 70.9 cm³/mol. The average Bonchev–Trinajstić information content (AvgIpc) is 2.37. The molecule has 1 heteroatoms. The molecular formula is C16H16O. The number of hydrogen-bond acceptors (Lipinski definition) is 1. The third-order valence-electron chi connectivity index (χ3n) is 2.85. The van der Waals surface area contributed by atoms with Gasteiger partial charge in [0.25, 0.3) is 0 Å². The highest BCUT2D eigenvalue weighted by Crippen LogP contribution is 2.19. The minimum Gasteiger partial charge on any atom is -0.289 e. The molecular weight excluding hydrogens is 208 g/mol. The van der Waals surface area contributed by atoms with Crippen molar-refractivity contribution in [1.29, 1.82) is 0 Å². The number of allylic oxidation sites excluding steroid dienone is 6. The van der Waals surface area contributed by atoms with Gasteiger partial charge in [-0.3, -0.25) is 4.79 Å². The zero-order chi connectivity index (χ0) is 12.1. The van der Waals surface area contributed by atoms with Crippen molar-refractivity contribution in [2.45, 2.75) is 13.3 Å². The average molecular weight is 224 g/mol. The molecule has 0 amide bonds. The largest absolute Gasteiger partial charge is 0.289 e. The molecule has 1 aliphatic rings. The van der Waals surface area contributed by atoms with Gasteiger partial charge < -0.3 is 0 Å². The van der Waals surface area contributed by atoms with E-state index in [2.05, 4.69) is 25.2 Å². The topological polar surface area (TPSA) is 17.1 Å². The molecule has 0 spiro atoms. The maximum Gasteiger partial charge on any atom is 0.185 e. The standard InChI is InChI=1S/C16H16O/c1-13-6-5-7-14(12-13)10-11-16(17)15-8-3-2-4-9-15/h2-11,14H,12H2,1H3. The Hall–Kier alpha value is -1.89. The molecule has 0 radical (unpaired) electrons. The number of rotatable bonds is 3. The summed E-state index contributed by atoms with van der Waals surface area (Å²) < 4.78 is 0. The Morgan fingerprint density at radius 2 is 2.06 bits per heavy atom. The van der Waals surface area contributed by atoms with Gasteiger partial charge in [-0.2, -0.15) is 0 Å². The van der Waals surface area contributed by atoms with Gasteiger partial charge >= 0.3 is 0 Å². The maximum atomic E-state index is 11.8. The van der Waals surface area contributed by atoms with E-state index in [-0.39, 0.29) is 5.78 Å². The van der Waals surface area contributed by atoms with Crippen LogP contribution >= 0.6 is 0 Å². The molecule has 0 heterocycles. The van der Waals surface area contributed by atoms with Crippen molar-refractivity contribution in [3.8, 4) is 0 Å². The lowest BCUT2D eigenvalue weighted by atomic mass is 9.94. The molecule has 1 atom stereocenters. The number of hydrogen-bond donors (Lipinski definition) is 0. The van der Waals surface area contributed by atoms with E-state index >= 15 is 0 Å². The van der Waals surface area contributed by atoms with Gasteiger partial charge in [0.2, 0.25) is 0 Å². The molecule has 0 fully saturated rings. The van der Waals surface area contributed by atoms with Gasteiger partial charge in [-0.15, -0.1) is 0 Å². The summed E-state index contributed by atoms with van der Waals surface area (Å²) in [7, 11) is 0. The smallest absolute Gasteiger partial charge is 0.185 e. The fourth-order valence-corrected chi connectivity index (χ4v) is 1.91. The van der Waals surface area contributed by atoms with Crippen LogP contribution < -0.4 is 0 Å². The second kappa shape index (κ2) is 5.44. The highest BCUT2D eigenvalue weighted by Gasteiger charge is 2.06. The molecule has 1 aromatic carbocycles. The maximum absolute atomic E-state index is 11.8. The summed E-state index contributed by atoms with van der Waals surface area (Å²) >= 11 is 0. The zero-order valence-corrected chi connectivity index (χ0v) is 9.97. The Balaban J connectivity index is 2.00. The van der Waals surface area contributed by atoms with E-state index in [4.69, 9.17) is 0 Å². The number of benzene rings is 1.